The van der Waals surface area contributed by atoms with Gasteiger partial charge in [0.25, 0.3) is 0 Å². The van der Waals surface area contributed by atoms with Crippen LogP contribution < -0.4 is 10.5 Å². The van der Waals surface area contributed by atoms with Crippen LogP contribution in [-0.2, 0) is 6.42 Å². The molecule has 0 radical (unpaired) electrons. The second kappa shape index (κ2) is 8.98. The molecule has 1 rings (SSSR count). The Labute approximate surface area is 112 Å². The molecule has 0 aliphatic carbocycles. The summed E-state index contributed by atoms with van der Waals surface area (Å²) in [5.41, 5.74) is 7.26. The smallest absolute Gasteiger partial charge is 0.119 e. The minimum absolute atomic E-state index is 0.324. The number of aryl methyl sites for hydroxylation is 1. The molecule has 0 bridgehead atoms. The summed E-state index contributed by atoms with van der Waals surface area (Å²) >= 11 is 0. The number of hydrogen-bond donors (Lipinski definition) is 1. The molecule has 18 heavy (non-hydrogen) atoms. The summed E-state index contributed by atoms with van der Waals surface area (Å²) in [6, 6.07) is 8.81. The highest BCUT2D eigenvalue weighted by Crippen LogP contribution is 2.14. The molecule has 2 N–H and O–H groups in total. The van der Waals surface area contributed by atoms with E-state index in [4.69, 9.17) is 10.5 Å². The normalized spacial score (nSPS) is 12.4. The molecule has 0 aliphatic heterocycles. The molecule has 0 saturated carbocycles. The molecule has 0 fully saturated rings. The van der Waals surface area contributed by atoms with Crippen molar-refractivity contribution >= 4 is 0 Å². The van der Waals surface area contributed by atoms with E-state index in [-0.39, 0.29) is 0 Å². The van der Waals surface area contributed by atoms with Crippen molar-refractivity contribution in [1.29, 1.82) is 0 Å². The van der Waals surface area contributed by atoms with Crippen molar-refractivity contribution < 1.29 is 4.74 Å². The zero-order valence-electron chi connectivity index (χ0n) is 11.8. The molecule has 2 nitrogen and oxygen atoms in total. The van der Waals surface area contributed by atoms with Crippen LogP contribution in [0.3, 0.4) is 0 Å². The molecule has 0 amide bonds. The van der Waals surface area contributed by atoms with Crippen LogP contribution in [0.4, 0.5) is 0 Å². The zero-order chi connectivity index (χ0) is 13.2. The number of rotatable bonds is 9. The zero-order valence-corrected chi connectivity index (χ0v) is 11.8. The van der Waals surface area contributed by atoms with Gasteiger partial charge in [0.2, 0.25) is 0 Å². The van der Waals surface area contributed by atoms with E-state index >= 15 is 0 Å². The maximum absolute atomic E-state index is 5.86. The third kappa shape index (κ3) is 6.06. The number of benzene rings is 1. The highest BCUT2D eigenvalue weighted by molar-refractivity contribution is 5.27. The van der Waals surface area contributed by atoms with Crippen molar-refractivity contribution in [2.45, 2.75) is 58.4 Å². The van der Waals surface area contributed by atoms with E-state index in [9.17, 15) is 0 Å². The van der Waals surface area contributed by atoms with Crippen molar-refractivity contribution in [3.8, 4) is 5.75 Å². The Morgan fingerprint density at radius 2 is 1.83 bits per heavy atom. The molecule has 2 heteroatoms. The topological polar surface area (TPSA) is 35.2 Å². The van der Waals surface area contributed by atoms with Gasteiger partial charge in [-0.05, 0) is 49.8 Å². The number of hydrogen-bond acceptors (Lipinski definition) is 2. The molecule has 0 spiro atoms. The second-order valence-corrected chi connectivity index (χ2v) is 4.91. The summed E-state index contributed by atoms with van der Waals surface area (Å²) in [4.78, 5) is 0. The predicted molar refractivity (Wildman–Crippen MR) is 78.0 cm³/mol. The lowest BCUT2D eigenvalue weighted by Gasteiger charge is -2.10. The van der Waals surface area contributed by atoms with E-state index in [2.05, 4.69) is 38.1 Å². The fourth-order valence-corrected chi connectivity index (χ4v) is 1.87. The minimum atomic E-state index is 0.324. The first-order valence-electron chi connectivity index (χ1n) is 7.23. The molecule has 1 unspecified atom stereocenters. The third-order valence-electron chi connectivity index (χ3n) is 3.25. The van der Waals surface area contributed by atoms with Gasteiger partial charge in [-0.2, -0.15) is 0 Å². The van der Waals surface area contributed by atoms with Gasteiger partial charge in [0, 0.05) is 6.04 Å². The van der Waals surface area contributed by atoms with E-state index < -0.39 is 0 Å². The van der Waals surface area contributed by atoms with E-state index in [1.807, 2.05) is 0 Å². The summed E-state index contributed by atoms with van der Waals surface area (Å²) in [6.07, 6.45) is 6.80. The van der Waals surface area contributed by atoms with Crippen molar-refractivity contribution in [2.24, 2.45) is 5.73 Å². The van der Waals surface area contributed by atoms with Gasteiger partial charge in [-0.25, -0.2) is 0 Å². The fourth-order valence-electron chi connectivity index (χ4n) is 1.87. The molecule has 1 atom stereocenters. The van der Waals surface area contributed by atoms with Gasteiger partial charge in [-0.1, -0.05) is 32.4 Å². The van der Waals surface area contributed by atoms with Gasteiger partial charge in [0.05, 0.1) is 6.61 Å². The van der Waals surface area contributed by atoms with Gasteiger partial charge in [0.1, 0.15) is 5.75 Å². The standard InChI is InChI=1S/C16H27NO/c1-3-5-7-14-9-11-16(12-10-14)18-13-6-8-15(17)4-2/h9-12,15H,3-8,13,17H2,1-2H3. The van der Waals surface area contributed by atoms with Gasteiger partial charge in [0.15, 0.2) is 0 Å². The van der Waals surface area contributed by atoms with Crippen LogP contribution in [0.2, 0.25) is 0 Å². The average molecular weight is 249 g/mol. The van der Waals surface area contributed by atoms with Crippen molar-refractivity contribution in [2.75, 3.05) is 6.61 Å². The van der Waals surface area contributed by atoms with E-state index in [1.165, 1.54) is 24.8 Å². The summed E-state index contributed by atoms with van der Waals surface area (Å²) in [5.74, 6) is 0.973. The van der Waals surface area contributed by atoms with Crippen LogP contribution in [0.15, 0.2) is 24.3 Å². The molecule has 0 aliphatic rings. The molecular formula is C16H27NO. The third-order valence-corrected chi connectivity index (χ3v) is 3.25. The SMILES string of the molecule is CCCCc1ccc(OCCCC(N)CC)cc1. The summed E-state index contributed by atoms with van der Waals surface area (Å²) < 4.78 is 5.70. The first-order valence-corrected chi connectivity index (χ1v) is 7.23. The fraction of sp³-hybridized carbons (Fsp3) is 0.625. The maximum Gasteiger partial charge on any atom is 0.119 e. The molecule has 1 aromatic rings. The van der Waals surface area contributed by atoms with Crippen LogP contribution in [0.25, 0.3) is 0 Å². The molecule has 0 saturated heterocycles. The van der Waals surface area contributed by atoms with Crippen LogP contribution >= 0.6 is 0 Å². The lowest BCUT2D eigenvalue weighted by atomic mass is 10.1. The van der Waals surface area contributed by atoms with Crippen molar-refractivity contribution in [3.05, 3.63) is 29.8 Å². The average Bonchev–Trinajstić information content (AvgIpc) is 2.42. The van der Waals surface area contributed by atoms with Gasteiger partial charge < -0.3 is 10.5 Å². The first kappa shape index (κ1) is 15.0. The number of ether oxygens (including phenoxy) is 1. The largest absolute Gasteiger partial charge is 0.494 e. The Morgan fingerprint density at radius 1 is 1.11 bits per heavy atom. The Kier molecular flexibility index (Phi) is 7.51. The Morgan fingerprint density at radius 3 is 2.44 bits per heavy atom. The van der Waals surface area contributed by atoms with E-state index in [1.54, 1.807) is 0 Å². The van der Waals surface area contributed by atoms with Gasteiger partial charge >= 0.3 is 0 Å². The van der Waals surface area contributed by atoms with Crippen LogP contribution in [-0.4, -0.2) is 12.6 Å². The predicted octanol–water partition coefficient (Wildman–Crippen LogP) is 3.93. The lowest BCUT2D eigenvalue weighted by molar-refractivity contribution is 0.300. The Bertz CT molecular complexity index is 307. The number of nitrogens with two attached hydrogens (primary N) is 1. The molecular weight excluding hydrogens is 222 g/mol. The maximum atomic E-state index is 5.86. The Balaban J connectivity index is 2.22. The molecule has 1 aromatic carbocycles. The summed E-state index contributed by atoms with van der Waals surface area (Å²) in [7, 11) is 0. The number of unbranched alkanes of at least 4 members (excludes halogenated alkanes) is 1. The molecule has 0 aromatic heterocycles. The van der Waals surface area contributed by atoms with Crippen LogP contribution in [0.5, 0.6) is 5.75 Å². The summed E-state index contributed by atoms with van der Waals surface area (Å²) in [5, 5.41) is 0. The van der Waals surface area contributed by atoms with Crippen molar-refractivity contribution in [1.82, 2.24) is 0 Å². The first-order chi connectivity index (χ1) is 8.76. The van der Waals surface area contributed by atoms with E-state index in [0.29, 0.717) is 6.04 Å². The summed E-state index contributed by atoms with van der Waals surface area (Å²) in [6.45, 7) is 5.11. The molecule has 102 valence electrons. The lowest BCUT2D eigenvalue weighted by Crippen LogP contribution is -2.19. The van der Waals surface area contributed by atoms with Gasteiger partial charge in [-0.15, -0.1) is 0 Å². The van der Waals surface area contributed by atoms with Crippen molar-refractivity contribution in [3.63, 3.8) is 0 Å². The van der Waals surface area contributed by atoms with E-state index in [0.717, 1.165) is 31.6 Å². The second-order valence-electron chi connectivity index (χ2n) is 4.91. The van der Waals surface area contributed by atoms with Gasteiger partial charge in [-0.3, -0.25) is 0 Å². The monoisotopic (exact) mass is 249 g/mol. The minimum Gasteiger partial charge on any atom is -0.494 e. The highest BCUT2D eigenvalue weighted by atomic mass is 16.5. The van der Waals surface area contributed by atoms with Crippen LogP contribution in [0.1, 0.15) is 51.5 Å². The highest BCUT2D eigenvalue weighted by Gasteiger charge is 1.99. The Hall–Kier alpha value is -1.02. The molecule has 0 heterocycles. The quantitative estimate of drug-likeness (QED) is 0.673. The van der Waals surface area contributed by atoms with Crippen LogP contribution in [0, 0.1) is 0 Å².